The smallest absolute Gasteiger partial charge is 0.328 e. The molecule has 0 bridgehead atoms. The van der Waals surface area contributed by atoms with Gasteiger partial charge in [-0.1, -0.05) is 50.2 Å². The zero-order valence-electron chi connectivity index (χ0n) is 30.2. The first-order valence-electron chi connectivity index (χ1n) is 17.3. The molecule has 4 N–H and O–H groups in total. The minimum Gasteiger partial charge on any atom is -0.480 e. The maximum absolute atomic E-state index is 14.1. The van der Waals surface area contributed by atoms with Crippen LogP contribution < -0.4 is 30.2 Å². The quantitative estimate of drug-likeness (QED) is 0.157. The number of nitrogens with one attached hydrogen (secondary N) is 2. The first kappa shape index (κ1) is 40.0. The summed E-state index contributed by atoms with van der Waals surface area (Å²) in [5, 5.41) is 23.9. The summed E-state index contributed by atoms with van der Waals surface area (Å²) in [6.45, 7) is 11.4. The summed E-state index contributed by atoms with van der Waals surface area (Å²) in [5.41, 5.74) is 2.15. The maximum Gasteiger partial charge on any atom is 0.328 e. The van der Waals surface area contributed by atoms with Crippen LogP contribution in [0.5, 0.6) is 0 Å². The van der Waals surface area contributed by atoms with Crippen molar-refractivity contribution in [1.29, 1.82) is 0 Å². The van der Waals surface area contributed by atoms with Gasteiger partial charge in [0.1, 0.15) is 12.1 Å². The molecule has 2 atom stereocenters. The zero-order chi connectivity index (χ0) is 37.7. The second-order valence-corrected chi connectivity index (χ2v) is 12.2. The number of rotatable bonds is 16. The minimum atomic E-state index is -1.55. The molecule has 3 aromatic carbocycles. The zero-order valence-corrected chi connectivity index (χ0v) is 30.2. The number of nitrogens with zero attached hydrogens (tertiary/aromatic N) is 4. The van der Waals surface area contributed by atoms with Crippen molar-refractivity contribution in [3.05, 3.63) is 84.4 Å². The Bertz CT molecular complexity index is 1550. The molecule has 51 heavy (non-hydrogen) atoms. The third-order valence-corrected chi connectivity index (χ3v) is 8.24. The number of benzene rings is 3. The monoisotopic (exact) mass is 702 g/mol. The summed E-state index contributed by atoms with van der Waals surface area (Å²) < 4.78 is 0. The van der Waals surface area contributed by atoms with Crippen molar-refractivity contribution >= 4 is 52.6 Å². The Labute approximate surface area is 299 Å². The van der Waals surface area contributed by atoms with Gasteiger partial charge in [-0.15, -0.1) is 0 Å². The van der Waals surface area contributed by atoms with Gasteiger partial charge in [-0.2, -0.15) is 0 Å². The average molecular weight is 703 g/mol. The number of urea groups is 2. The fourth-order valence-corrected chi connectivity index (χ4v) is 5.66. The van der Waals surface area contributed by atoms with Gasteiger partial charge in [-0.05, 0) is 82.5 Å². The number of hydrogen-bond donors (Lipinski definition) is 4. The number of carbonyl (C=O) groups excluding carboxylic acids is 4. The molecule has 3 rings (SSSR count). The van der Waals surface area contributed by atoms with Crippen LogP contribution in [0.2, 0.25) is 0 Å². The first-order valence-corrected chi connectivity index (χ1v) is 17.3. The number of aliphatic hydroxyl groups is 1. The average Bonchev–Trinajstić information content (AvgIpc) is 3.12. The highest BCUT2D eigenvalue weighted by molar-refractivity contribution is 6.08. The van der Waals surface area contributed by atoms with Gasteiger partial charge >= 0.3 is 18.0 Å². The maximum atomic E-state index is 14.1. The third-order valence-electron chi connectivity index (χ3n) is 8.24. The van der Waals surface area contributed by atoms with Crippen LogP contribution in [-0.4, -0.2) is 84.9 Å². The van der Waals surface area contributed by atoms with Gasteiger partial charge in [0.2, 0.25) is 5.91 Å². The van der Waals surface area contributed by atoms with Gasteiger partial charge < -0.3 is 20.8 Å². The van der Waals surface area contributed by atoms with E-state index < -0.39 is 36.5 Å². The van der Waals surface area contributed by atoms with Gasteiger partial charge in [-0.25, -0.2) is 14.4 Å². The Morgan fingerprint density at radius 2 is 1.02 bits per heavy atom. The van der Waals surface area contributed by atoms with E-state index in [1.54, 1.807) is 15.9 Å². The molecule has 0 aliphatic heterocycles. The highest BCUT2D eigenvalue weighted by Gasteiger charge is 2.30. The van der Waals surface area contributed by atoms with Gasteiger partial charge in [0.25, 0.3) is 5.91 Å². The number of carboxylic acid groups (broad SMARTS) is 1. The second kappa shape index (κ2) is 19.1. The first-order chi connectivity index (χ1) is 24.4. The van der Waals surface area contributed by atoms with Crippen LogP contribution in [0.25, 0.3) is 0 Å². The standard InChI is InChI=1S/C38H50N6O7/c1-7-41(28-17-13-11-14-18-28)37(50)43(9-3)30-22-27(34(46)39-32(21-26(5)6)35(47)40-33(25-45)36(48)49)23-31(24-30)44(10-4)38(51)42(8-2)29-19-15-12-16-20-29/h11-20,22-24,26,32-33,45H,7-10,21,25H2,1-6H3,(H,39,46)(H,40,47)(H,48,49)/t32-,33-/m0/s1. The normalized spacial score (nSPS) is 12.0. The van der Waals surface area contributed by atoms with E-state index in [1.807, 2.05) is 102 Å². The van der Waals surface area contributed by atoms with Crippen LogP contribution in [0, 0.1) is 5.92 Å². The van der Waals surface area contributed by atoms with Crippen LogP contribution in [0.4, 0.5) is 32.3 Å². The molecule has 0 saturated heterocycles. The number of aliphatic hydroxyl groups excluding tert-OH is 1. The molecule has 274 valence electrons. The van der Waals surface area contributed by atoms with E-state index in [0.29, 0.717) is 35.8 Å². The molecule has 13 nitrogen and oxygen atoms in total. The number of amides is 6. The number of carboxylic acids is 1. The molecular formula is C38H50N6O7. The Hall–Kier alpha value is -5.43. The van der Waals surface area contributed by atoms with Crippen LogP contribution >= 0.6 is 0 Å². The molecule has 0 spiro atoms. The molecule has 3 aromatic rings. The molecule has 13 heteroatoms. The Morgan fingerprint density at radius 3 is 1.37 bits per heavy atom. The Morgan fingerprint density at radius 1 is 0.608 bits per heavy atom. The van der Waals surface area contributed by atoms with Gasteiger partial charge in [0.05, 0.1) is 6.61 Å². The Kier molecular flexibility index (Phi) is 15.0. The van der Waals surface area contributed by atoms with Crippen molar-refractivity contribution in [1.82, 2.24) is 10.6 Å². The van der Waals surface area contributed by atoms with Crippen molar-refractivity contribution in [3.8, 4) is 0 Å². The fourth-order valence-electron chi connectivity index (χ4n) is 5.66. The molecule has 0 radical (unpaired) electrons. The summed E-state index contributed by atoms with van der Waals surface area (Å²) in [4.78, 5) is 73.3. The summed E-state index contributed by atoms with van der Waals surface area (Å²) >= 11 is 0. The number of hydrogen-bond acceptors (Lipinski definition) is 6. The van der Waals surface area contributed by atoms with E-state index in [4.69, 9.17) is 0 Å². The van der Waals surface area contributed by atoms with Crippen molar-refractivity contribution < 1.29 is 34.2 Å². The van der Waals surface area contributed by atoms with E-state index in [2.05, 4.69) is 10.6 Å². The lowest BCUT2D eigenvalue weighted by Crippen LogP contribution is -2.53. The van der Waals surface area contributed by atoms with Crippen LogP contribution in [0.15, 0.2) is 78.9 Å². The second-order valence-electron chi connectivity index (χ2n) is 12.2. The van der Waals surface area contributed by atoms with Crippen molar-refractivity contribution in [2.45, 2.75) is 60.0 Å². The van der Waals surface area contributed by atoms with E-state index in [1.165, 1.54) is 21.9 Å². The largest absolute Gasteiger partial charge is 0.480 e. The summed E-state index contributed by atoms with van der Waals surface area (Å²) in [6, 6.07) is 19.8. The fraction of sp³-hybridized carbons (Fsp3) is 0.395. The molecule has 0 saturated carbocycles. The van der Waals surface area contributed by atoms with Crippen molar-refractivity contribution in [2.24, 2.45) is 5.92 Å². The lowest BCUT2D eigenvalue weighted by molar-refractivity contribution is -0.143. The minimum absolute atomic E-state index is 0.0715. The number of anilines is 4. The summed E-state index contributed by atoms with van der Waals surface area (Å²) in [7, 11) is 0. The Balaban J connectivity index is 2.14. The number of para-hydroxylation sites is 2. The molecule has 0 aromatic heterocycles. The van der Waals surface area contributed by atoms with E-state index in [9.17, 15) is 34.2 Å². The van der Waals surface area contributed by atoms with Gasteiger partial charge in [-0.3, -0.25) is 29.2 Å². The highest BCUT2D eigenvalue weighted by atomic mass is 16.4. The molecule has 0 fully saturated rings. The number of carbonyl (C=O) groups is 5. The van der Waals surface area contributed by atoms with Crippen LogP contribution in [-0.2, 0) is 9.59 Å². The SMILES string of the molecule is CCN(C(=O)N(CC)c1cc(C(=O)N[C@@H](CC(C)C)C(=O)N[C@@H](CO)C(=O)O)cc(N(CC)C(=O)N(CC)c2ccccc2)c1)c1ccccc1. The molecule has 0 unspecified atom stereocenters. The van der Waals surface area contributed by atoms with Crippen molar-refractivity contribution in [2.75, 3.05) is 52.4 Å². The van der Waals surface area contributed by atoms with Gasteiger partial charge in [0, 0.05) is 54.5 Å². The molecular weight excluding hydrogens is 652 g/mol. The van der Waals surface area contributed by atoms with Gasteiger partial charge in [0.15, 0.2) is 0 Å². The molecule has 6 amide bonds. The lowest BCUT2D eigenvalue weighted by atomic mass is 10.0. The van der Waals surface area contributed by atoms with Crippen molar-refractivity contribution in [3.63, 3.8) is 0 Å². The van der Waals surface area contributed by atoms with Crippen LogP contribution in [0.1, 0.15) is 58.3 Å². The predicted octanol–water partition coefficient (Wildman–Crippen LogP) is 5.34. The predicted molar refractivity (Wildman–Crippen MR) is 200 cm³/mol. The number of aliphatic carboxylic acids is 1. The molecule has 0 aliphatic carbocycles. The lowest BCUT2D eigenvalue weighted by Gasteiger charge is -2.32. The highest BCUT2D eigenvalue weighted by Crippen LogP contribution is 2.29. The van der Waals surface area contributed by atoms with E-state index >= 15 is 0 Å². The summed E-state index contributed by atoms with van der Waals surface area (Å²) in [6.07, 6.45) is 0.173. The van der Waals surface area contributed by atoms with E-state index in [-0.39, 0.29) is 43.1 Å². The molecule has 0 heterocycles. The molecule has 0 aliphatic rings. The van der Waals surface area contributed by atoms with E-state index in [0.717, 1.165) is 0 Å². The van der Waals surface area contributed by atoms with Crippen LogP contribution in [0.3, 0.4) is 0 Å². The topological polar surface area (TPSA) is 163 Å². The summed E-state index contributed by atoms with van der Waals surface area (Å²) in [5.74, 6) is -2.93. The third kappa shape index (κ3) is 10.3.